The van der Waals surface area contributed by atoms with Gasteiger partial charge in [-0.25, -0.2) is 10.1 Å². The number of aromatic hydroxyl groups is 1. The van der Waals surface area contributed by atoms with Crippen LogP contribution in [0.3, 0.4) is 0 Å². The van der Waals surface area contributed by atoms with Crippen LogP contribution in [0, 0.1) is 6.92 Å². The molecule has 4 N–H and O–H groups in total. The minimum Gasteiger partial charge on any atom is -0.507 e. The molecule has 4 aromatic rings. The fraction of sp³-hybridized carbons (Fsp3) is 0.0526. The van der Waals surface area contributed by atoms with E-state index in [0.717, 1.165) is 5.56 Å². The number of anilines is 1. The predicted molar refractivity (Wildman–Crippen MR) is 107 cm³/mol. The molecule has 0 radical (unpaired) electrons. The molecule has 0 aliphatic carbocycles. The predicted octanol–water partition coefficient (Wildman–Crippen LogP) is 1.68. The van der Waals surface area contributed by atoms with Crippen LogP contribution < -0.4 is 11.2 Å². The quantitative estimate of drug-likeness (QED) is 0.335. The molecule has 11 nitrogen and oxygen atoms in total. The van der Waals surface area contributed by atoms with Crippen LogP contribution in [0.5, 0.6) is 5.75 Å². The minimum atomic E-state index is -0.612. The smallest absolute Gasteiger partial charge is 0.294 e. The summed E-state index contributed by atoms with van der Waals surface area (Å²) in [5, 5.41) is 28.9. The molecule has 0 fully saturated rings. The number of aryl methyl sites for hydroxylation is 1. The van der Waals surface area contributed by atoms with Crippen LogP contribution in [0.1, 0.15) is 21.6 Å². The molecule has 0 spiro atoms. The fourth-order valence-corrected chi connectivity index (χ4v) is 2.70. The molecule has 2 heterocycles. The molecule has 150 valence electrons. The number of rotatable bonds is 5. The summed E-state index contributed by atoms with van der Waals surface area (Å²) in [4.78, 5) is 12.8. The summed E-state index contributed by atoms with van der Waals surface area (Å²) in [6.45, 7) is 1.94. The maximum atomic E-state index is 12.8. The highest BCUT2D eigenvalue weighted by Gasteiger charge is 2.25. The summed E-state index contributed by atoms with van der Waals surface area (Å²) in [6.07, 6.45) is 1.32. The lowest BCUT2D eigenvalue weighted by atomic mass is 10.1. The normalized spacial score (nSPS) is 11.1. The van der Waals surface area contributed by atoms with Crippen molar-refractivity contribution in [3.63, 3.8) is 0 Å². The van der Waals surface area contributed by atoms with Gasteiger partial charge in [0.2, 0.25) is 11.6 Å². The monoisotopic (exact) mass is 404 g/mol. The lowest BCUT2D eigenvalue weighted by molar-refractivity contribution is 0.0950. The molecule has 2 aromatic heterocycles. The van der Waals surface area contributed by atoms with Crippen molar-refractivity contribution in [1.82, 2.24) is 30.7 Å². The van der Waals surface area contributed by atoms with E-state index in [4.69, 9.17) is 5.73 Å². The van der Waals surface area contributed by atoms with E-state index in [2.05, 4.69) is 35.8 Å². The second-order valence-electron chi connectivity index (χ2n) is 6.30. The molecular formula is C19H16N8O3. The molecule has 4 rings (SSSR count). The van der Waals surface area contributed by atoms with E-state index in [9.17, 15) is 9.90 Å². The third kappa shape index (κ3) is 3.58. The number of nitrogens with zero attached hydrogens (tertiary/aromatic N) is 6. The maximum Gasteiger partial charge on any atom is 0.294 e. The Morgan fingerprint density at radius 3 is 2.67 bits per heavy atom. The Hall–Kier alpha value is -4.54. The summed E-state index contributed by atoms with van der Waals surface area (Å²) in [6, 6.07) is 14.0. The van der Waals surface area contributed by atoms with Crippen molar-refractivity contribution in [1.29, 1.82) is 0 Å². The van der Waals surface area contributed by atoms with Gasteiger partial charge in [-0.3, -0.25) is 4.79 Å². The Bertz CT molecular complexity index is 1230. The number of hydrazone groups is 1. The number of benzene rings is 2. The Labute approximate surface area is 169 Å². The number of aromatic nitrogens is 5. The molecule has 0 saturated carbocycles. The standard InChI is InChI=1S/C19H16N8O3/c1-11-6-8-12(9-7-11)16-15(22-26-27(16)18-17(20)24-30-25-18)19(29)23-21-10-13-4-2-3-5-14(13)28/h2-10,28H,1H3,(H2,20,24)(H,23,29)/b21-10-. The first kappa shape index (κ1) is 18.8. The van der Waals surface area contributed by atoms with Crippen LogP contribution in [0.25, 0.3) is 17.1 Å². The van der Waals surface area contributed by atoms with Crippen LogP contribution in [-0.4, -0.2) is 42.5 Å². The van der Waals surface area contributed by atoms with Crippen molar-refractivity contribution < 1.29 is 14.5 Å². The van der Waals surface area contributed by atoms with Crippen molar-refractivity contribution in [2.75, 3.05) is 5.73 Å². The van der Waals surface area contributed by atoms with E-state index in [1.165, 1.54) is 17.0 Å². The first-order valence-electron chi connectivity index (χ1n) is 8.77. The van der Waals surface area contributed by atoms with E-state index in [1.807, 2.05) is 31.2 Å². The van der Waals surface area contributed by atoms with Crippen LogP contribution >= 0.6 is 0 Å². The number of carbonyl (C=O) groups excluding carboxylic acids is 1. The average Bonchev–Trinajstić information content (AvgIpc) is 3.36. The molecule has 2 aromatic carbocycles. The van der Waals surface area contributed by atoms with Crippen molar-refractivity contribution in [3.05, 3.63) is 65.4 Å². The highest BCUT2D eigenvalue weighted by molar-refractivity contribution is 5.99. The summed E-state index contributed by atoms with van der Waals surface area (Å²) in [7, 11) is 0. The minimum absolute atomic E-state index is 0.00204. The van der Waals surface area contributed by atoms with Gasteiger partial charge < -0.3 is 10.8 Å². The number of phenolic OH excluding ortho intramolecular Hbond substituents is 1. The number of nitrogens with one attached hydrogen (secondary N) is 1. The van der Waals surface area contributed by atoms with Gasteiger partial charge in [-0.15, -0.1) is 5.10 Å². The second kappa shape index (κ2) is 7.83. The molecule has 11 heteroatoms. The molecule has 0 atom stereocenters. The van der Waals surface area contributed by atoms with Gasteiger partial charge in [-0.2, -0.15) is 9.78 Å². The summed E-state index contributed by atoms with van der Waals surface area (Å²) in [5.41, 5.74) is 10.6. The number of amides is 1. The fourth-order valence-electron chi connectivity index (χ4n) is 2.70. The van der Waals surface area contributed by atoms with Gasteiger partial charge in [-0.1, -0.05) is 47.2 Å². The first-order valence-corrected chi connectivity index (χ1v) is 8.77. The molecule has 0 saturated heterocycles. The Morgan fingerprint density at radius 1 is 1.20 bits per heavy atom. The number of para-hydroxylation sites is 1. The van der Waals surface area contributed by atoms with E-state index in [1.54, 1.807) is 18.2 Å². The van der Waals surface area contributed by atoms with Crippen LogP contribution in [0.15, 0.2) is 58.3 Å². The van der Waals surface area contributed by atoms with Crippen LogP contribution in [0.2, 0.25) is 0 Å². The van der Waals surface area contributed by atoms with Crippen LogP contribution in [-0.2, 0) is 0 Å². The van der Waals surface area contributed by atoms with Crippen molar-refractivity contribution in [2.45, 2.75) is 6.92 Å². The Balaban J connectivity index is 1.70. The number of nitrogen functional groups attached to an aromatic ring is 1. The maximum absolute atomic E-state index is 12.8. The summed E-state index contributed by atoms with van der Waals surface area (Å²) < 4.78 is 5.92. The summed E-state index contributed by atoms with van der Waals surface area (Å²) >= 11 is 0. The molecule has 0 aliphatic rings. The molecule has 0 bridgehead atoms. The van der Waals surface area contributed by atoms with E-state index in [0.29, 0.717) is 16.8 Å². The second-order valence-corrected chi connectivity index (χ2v) is 6.30. The van der Waals surface area contributed by atoms with Gasteiger partial charge in [0.15, 0.2) is 5.69 Å². The molecular weight excluding hydrogens is 388 g/mol. The third-order valence-electron chi connectivity index (χ3n) is 4.21. The van der Waals surface area contributed by atoms with Crippen LogP contribution in [0.4, 0.5) is 5.82 Å². The molecule has 0 aliphatic heterocycles. The van der Waals surface area contributed by atoms with E-state index in [-0.39, 0.29) is 23.1 Å². The topological polar surface area (TPSA) is 157 Å². The summed E-state index contributed by atoms with van der Waals surface area (Å²) in [5.74, 6) is -0.470. The number of nitrogens with two attached hydrogens (primary N) is 1. The molecule has 0 unspecified atom stereocenters. The largest absolute Gasteiger partial charge is 0.507 e. The van der Waals surface area contributed by atoms with Gasteiger partial charge >= 0.3 is 0 Å². The highest BCUT2D eigenvalue weighted by Crippen LogP contribution is 2.26. The SMILES string of the molecule is Cc1ccc(-c2c(C(=O)N/N=C\c3ccccc3O)nnn2-c2nonc2N)cc1. The van der Waals surface area contributed by atoms with Gasteiger partial charge in [0.1, 0.15) is 11.4 Å². The van der Waals surface area contributed by atoms with Gasteiger partial charge in [0.05, 0.1) is 6.21 Å². The van der Waals surface area contributed by atoms with E-state index >= 15 is 0 Å². The zero-order valence-corrected chi connectivity index (χ0v) is 15.7. The number of hydrogen-bond donors (Lipinski definition) is 3. The Morgan fingerprint density at radius 2 is 1.97 bits per heavy atom. The average molecular weight is 404 g/mol. The van der Waals surface area contributed by atoms with Gasteiger partial charge in [-0.05, 0) is 29.4 Å². The molecule has 1 amide bonds. The van der Waals surface area contributed by atoms with Crippen molar-refractivity contribution >= 4 is 17.9 Å². The molecule has 30 heavy (non-hydrogen) atoms. The zero-order valence-electron chi connectivity index (χ0n) is 15.7. The highest BCUT2D eigenvalue weighted by atomic mass is 16.6. The number of carbonyl (C=O) groups is 1. The number of hydrogen-bond acceptors (Lipinski definition) is 9. The van der Waals surface area contributed by atoms with E-state index < -0.39 is 5.91 Å². The first-order chi connectivity index (χ1) is 14.5. The third-order valence-corrected chi connectivity index (χ3v) is 4.21. The van der Waals surface area contributed by atoms with Crippen molar-refractivity contribution in [3.8, 4) is 22.8 Å². The Kier molecular flexibility index (Phi) is 4.91. The van der Waals surface area contributed by atoms with Crippen molar-refractivity contribution in [2.24, 2.45) is 5.10 Å². The van der Waals surface area contributed by atoms with Gasteiger partial charge in [0.25, 0.3) is 5.91 Å². The zero-order chi connectivity index (χ0) is 21.1. The number of phenols is 1. The van der Waals surface area contributed by atoms with Gasteiger partial charge in [0, 0.05) is 11.1 Å². The lowest BCUT2D eigenvalue weighted by Gasteiger charge is -2.06. The lowest BCUT2D eigenvalue weighted by Crippen LogP contribution is -2.19.